The number of nitrogens with one attached hydrogen (secondary N) is 2. The molecule has 0 aliphatic heterocycles. The summed E-state index contributed by atoms with van der Waals surface area (Å²) in [6, 6.07) is 20.1. The number of ether oxygens (including phenoxy) is 2. The lowest BCUT2D eigenvalue weighted by Gasteiger charge is -2.18. The van der Waals surface area contributed by atoms with Gasteiger partial charge >= 0.3 is 6.09 Å². The van der Waals surface area contributed by atoms with Crippen LogP contribution in [0.25, 0.3) is 11.1 Å². The zero-order valence-corrected chi connectivity index (χ0v) is 20.9. The van der Waals surface area contributed by atoms with E-state index < -0.39 is 35.2 Å². The van der Waals surface area contributed by atoms with Gasteiger partial charge in [-0.15, -0.1) is 11.3 Å². The summed E-state index contributed by atoms with van der Waals surface area (Å²) in [4.78, 5) is 25.2. The maximum Gasteiger partial charge on any atom is 0.411 e. The standard InChI is InChI=1S/C28H24F2N2O4S/c1-35-21-14-22(29)26(23(30)15-21)27(33)32-24(12-17-6-4-3-5-7-17)25-13-19(16-37-25)18-8-10-20(11-9-18)31-28(34)36-2/h3-11,13-16,24H,12H2,1-2H3,(H,31,34)(H,32,33). The minimum absolute atomic E-state index is 0.0110. The molecule has 4 rings (SSSR count). The number of benzene rings is 3. The molecular weight excluding hydrogens is 498 g/mol. The van der Waals surface area contributed by atoms with Crippen LogP contribution in [0, 0.1) is 11.6 Å². The van der Waals surface area contributed by atoms with Crippen LogP contribution in [0.3, 0.4) is 0 Å². The van der Waals surface area contributed by atoms with E-state index >= 15 is 0 Å². The van der Waals surface area contributed by atoms with Gasteiger partial charge < -0.3 is 14.8 Å². The van der Waals surface area contributed by atoms with Gasteiger partial charge in [-0.25, -0.2) is 13.6 Å². The maximum absolute atomic E-state index is 14.6. The van der Waals surface area contributed by atoms with Crippen LogP contribution in [-0.2, 0) is 11.2 Å². The Balaban J connectivity index is 1.60. The van der Waals surface area contributed by atoms with E-state index in [0.29, 0.717) is 12.1 Å². The number of methoxy groups -OCH3 is 2. The molecule has 0 aliphatic rings. The summed E-state index contributed by atoms with van der Waals surface area (Å²) in [5.74, 6) is -2.87. The van der Waals surface area contributed by atoms with Crippen molar-refractivity contribution >= 4 is 29.0 Å². The molecule has 190 valence electrons. The minimum atomic E-state index is -1.000. The fraction of sp³-hybridized carbons (Fsp3) is 0.143. The Hall–Kier alpha value is -4.24. The van der Waals surface area contributed by atoms with Crippen molar-refractivity contribution in [1.29, 1.82) is 0 Å². The Kier molecular flexibility index (Phi) is 8.15. The van der Waals surface area contributed by atoms with Crippen molar-refractivity contribution in [2.75, 3.05) is 19.5 Å². The number of thiophene rings is 1. The molecule has 1 unspecified atom stereocenters. The van der Waals surface area contributed by atoms with Crippen LogP contribution in [0.2, 0.25) is 0 Å². The first kappa shape index (κ1) is 25.8. The highest BCUT2D eigenvalue weighted by Crippen LogP contribution is 2.32. The second kappa shape index (κ2) is 11.7. The minimum Gasteiger partial charge on any atom is -0.497 e. The number of halogens is 2. The van der Waals surface area contributed by atoms with Gasteiger partial charge in [0.2, 0.25) is 0 Å². The Morgan fingerprint density at radius 3 is 2.22 bits per heavy atom. The smallest absolute Gasteiger partial charge is 0.411 e. The van der Waals surface area contributed by atoms with Crippen LogP contribution in [-0.4, -0.2) is 26.2 Å². The SMILES string of the molecule is COC(=O)Nc1ccc(-c2csc(C(Cc3ccccc3)NC(=O)c3c(F)cc(OC)cc3F)c2)cc1. The third-order valence-corrected chi connectivity index (χ3v) is 6.73. The Bertz CT molecular complexity index is 1370. The number of anilines is 1. The van der Waals surface area contributed by atoms with E-state index in [9.17, 15) is 18.4 Å². The summed E-state index contributed by atoms with van der Waals surface area (Å²) in [6.07, 6.45) is -0.136. The first-order valence-corrected chi connectivity index (χ1v) is 12.2. The van der Waals surface area contributed by atoms with Crippen LogP contribution >= 0.6 is 11.3 Å². The zero-order chi connectivity index (χ0) is 26.4. The first-order valence-electron chi connectivity index (χ1n) is 11.3. The van der Waals surface area contributed by atoms with Gasteiger partial charge in [-0.05, 0) is 46.7 Å². The van der Waals surface area contributed by atoms with Crippen molar-refractivity contribution in [3.63, 3.8) is 0 Å². The molecule has 37 heavy (non-hydrogen) atoms. The van der Waals surface area contributed by atoms with Gasteiger partial charge in [0.15, 0.2) is 0 Å². The molecule has 0 saturated heterocycles. The Morgan fingerprint density at radius 1 is 0.919 bits per heavy atom. The van der Waals surface area contributed by atoms with E-state index in [2.05, 4.69) is 15.4 Å². The predicted molar refractivity (Wildman–Crippen MR) is 139 cm³/mol. The number of carbonyl (C=O) groups is 2. The zero-order valence-electron chi connectivity index (χ0n) is 20.1. The van der Waals surface area contributed by atoms with Gasteiger partial charge in [0.1, 0.15) is 22.9 Å². The topological polar surface area (TPSA) is 76.7 Å². The summed E-state index contributed by atoms with van der Waals surface area (Å²) in [6.45, 7) is 0. The van der Waals surface area contributed by atoms with Crippen LogP contribution in [0.5, 0.6) is 5.75 Å². The molecule has 3 aromatic carbocycles. The average Bonchev–Trinajstić information content (AvgIpc) is 3.39. The molecule has 0 radical (unpaired) electrons. The second-order valence-electron chi connectivity index (χ2n) is 8.11. The Morgan fingerprint density at radius 2 is 1.59 bits per heavy atom. The van der Waals surface area contributed by atoms with E-state index in [1.165, 1.54) is 25.6 Å². The van der Waals surface area contributed by atoms with Gasteiger partial charge in [0.25, 0.3) is 5.91 Å². The van der Waals surface area contributed by atoms with Gasteiger partial charge in [0, 0.05) is 22.7 Å². The lowest BCUT2D eigenvalue weighted by atomic mass is 10.0. The van der Waals surface area contributed by atoms with Crippen molar-refractivity contribution < 1.29 is 27.8 Å². The molecule has 1 atom stereocenters. The van der Waals surface area contributed by atoms with Crippen molar-refractivity contribution in [3.05, 3.63) is 106 Å². The Labute approximate surface area is 216 Å². The molecule has 9 heteroatoms. The number of amides is 2. The first-order chi connectivity index (χ1) is 17.9. The van der Waals surface area contributed by atoms with Crippen molar-refractivity contribution in [2.24, 2.45) is 0 Å². The normalized spacial score (nSPS) is 11.5. The van der Waals surface area contributed by atoms with E-state index in [4.69, 9.17) is 4.74 Å². The predicted octanol–water partition coefficient (Wildman–Crippen LogP) is 6.59. The monoisotopic (exact) mass is 522 g/mol. The fourth-order valence-electron chi connectivity index (χ4n) is 3.79. The molecule has 0 bridgehead atoms. The highest BCUT2D eigenvalue weighted by atomic mass is 32.1. The molecule has 4 aromatic rings. The number of hydrogen-bond acceptors (Lipinski definition) is 5. The number of carbonyl (C=O) groups excluding carboxylic acids is 2. The van der Waals surface area contributed by atoms with Gasteiger partial charge in [0.05, 0.1) is 20.3 Å². The van der Waals surface area contributed by atoms with E-state index in [1.54, 1.807) is 12.1 Å². The van der Waals surface area contributed by atoms with Crippen LogP contribution in [0.1, 0.15) is 26.8 Å². The molecule has 2 amide bonds. The van der Waals surface area contributed by atoms with Gasteiger partial charge in [-0.1, -0.05) is 42.5 Å². The van der Waals surface area contributed by atoms with E-state index in [1.807, 2.05) is 53.9 Å². The summed E-state index contributed by atoms with van der Waals surface area (Å²) in [7, 11) is 2.58. The molecule has 6 nitrogen and oxygen atoms in total. The van der Waals surface area contributed by atoms with Crippen LogP contribution < -0.4 is 15.4 Å². The van der Waals surface area contributed by atoms with Crippen molar-refractivity contribution in [2.45, 2.75) is 12.5 Å². The highest BCUT2D eigenvalue weighted by molar-refractivity contribution is 7.10. The third-order valence-electron chi connectivity index (χ3n) is 5.68. The van der Waals surface area contributed by atoms with E-state index in [-0.39, 0.29) is 5.75 Å². The van der Waals surface area contributed by atoms with Crippen molar-refractivity contribution in [3.8, 4) is 16.9 Å². The number of rotatable bonds is 8. The number of hydrogen-bond donors (Lipinski definition) is 2. The lowest BCUT2D eigenvalue weighted by molar-refractivity contribution is 0.0928. The molecule has 0 aliphatic carbocycles. The molecular formula is C28H24F2N2O4S. The molecule has 2 N–H and O–H groups in total. The largest absolute Gasteiger partial charge is 0.497 e. The quantitative estimate of drug-likeness (QED) is 0.274. The lowest BCUT2D eigenvalue weighted by Crippen LogP contribution is -2.31. The molecule has 1 heterocycles. The molecule has 0 saturated carbocycles. The summed E-state index contributed by atoms with van der Waals surface area (Å²) in [5.41, 5.74) is 2.68. The third kappa shape index (κ3) is 6.31. The fourth-order valence-corrected chi connectivity index (χ4v) is 4.76. The maximum atomic E-state index is 14.6. The van der Waals surface area contributed by atoms with Crippen molar-refractivity contribution in [1.82, 2.24) is 5.32 Å². The average molecular weight is 523 g/mol. The molecule has 0 spiro atoms. The highest BCUT2D eigenvalue weighted by Gasteiger charge is 2.24. The molecule has 1 aromatic heterocycles. The van der Waals surface area contributed by atoms with Crippen LogP contribution in [0.15, 0.2) is 78.2 Å². The summed E-state index contributed by atoms with van der Waals surface area (Å²) < 4.78 is 38.6. The summed E-state index contributed by atoms with van der Waals surface area (Å²) in [5, 5.41) is 7.35. The van der Waals surface area contributed by atoms with E-state index in [0.717, 1.165) is 33.7 Å². The van der Waals surface area contributed by atoms with Gasteiger partial charge in [-0.2, -0.15) is 0 Å². The summed E-state index contributed by atoms with van der Waals surface area (Å²) >= 11 is 1.43. The van der Waals surface area contributed by atoms with Crippen LogP contribution in [0.4, 0.5) is 19.3 Å². The molecule has 0 fully saturated rings. The second-order valence-corrected chi connectivity index (χ2v) is 9.06. The van der Waals surface area contributed by atoms with Gasteiger partial charge in [-0.3, -0.25) is 10.1 Å².